The zero-order valence-electron chi connectivity index (χ0n) is 27.5. The first-order chi connectivity index (χ1) is 25.2. The van der Waals surface area contributed by atoms with Gasteiger partial charge in [-0.3, -0.25) is 0 Å². The van der Waals surface area contributed by atoms with Crippen LogP contribution in [0.15, 0.2) is 176 Å². The smallest absolute Gasteiger partial charge is 0.164 e. The van der Waals surface area contributed by atoms with Crippen LogP contribution in [0.4, 0.5) is 0 Å². The molecule has 0 saturated carbocycles. The predicted octanol–water partition coefficient (Wildman–Crippen LogP) is 12.9. The highest BCUT2D eigenvalue weighted by Gasteiger charge is 2.15. The molecule has 0 bridgehead atoms. The van der Waals surface area contributed by atoms with Crippen molar-refractivity contribution in [3.05, 3.63) is 176 Å². The van der Waals surface area contributed by atoms with Crippen LogP contribution in [0, 0.1) is 0 Å². The minimum absolute atomic E-state index is 0.647. The Morgan fingerprint density at radius 1 is 0.294 bits per heavy atom. The highest BCUT2D eigenvalue weighted by atomic mass is 32.1. The van der Waals surface area contributed by atoms with Crippen LogP contribution in [0.3, 0.4) is 0 Å². The van der Waals surface area contributed by atoms with E-state index in [9.17, 15) is 0 Å². The lowest BCUT2D eigenvalue weighted by atomic mass is 9.97. The summed E-state index contributed by atoms with van der Waals surface area (Å²) in [5.74, 6) is 1.96. The molecule has 0 atom stereocenters. The van der Waals surface area contributed by atoms with Crippen molar-refractivity contribution in [2.45, 2.75) is 0 Å². The molecule has 2 aromatic heterocycles. The quantitative estimate of drug-likeness (QED) is 0.183. The average Bonchev–Trinajstić information content (AvgIpc) is 3.59. The average molecular weight is 668 g/mol. The van der Waals surface area contributed by atoms with E-state index >= 15 is 0 Å². The first-order valence-electron chi connectivity index (χ1n) is 17.1. The summed E-state index contributed by atoms with van der Waals surface area (Å²) in [6, 6.07) is 62.3. The Balaban J connectivity index is 1.09. The summed E-state index contributed by atoms with van der Waals surface area (Å²) in [5, 5.41) is 7.44. The third-order valence-corrected chi connectivity index (χ3v) is 10.9. The van der Waals surface area contributed by atoms with Gasteiger partial charge in [0, 0.05) is 36.9 Å². The minimum atomic E-state index is 0.647. The maximum absolute atomic E-state index is 5.13. The van der Waals surface area contributed by atoms with Gasteiger partial charge in [-0.05, 0) is 80.2 Å². The monoisotopic (exact) mass is 667 g/mol. The Bertz CT molecular complexity index is 2910. The number of rotatable bonds is 5. The van der Waals surface area contributed by atoms with Crippen LogP contribution in [-0.2, 0) is 0 Å². The molecule has 0 aliphatic carbocycles. The summed E-state index contributed by atoms with van der Waals surface area (Å²) in [6.07, 6.45) is 0. The van der Waals surface area contributed by atoms with Gasteiger partial charge in [-0.1, -0.05) is 140 Å². The summed E-state index contributed by atoms with van der Waals surface area (Å²) in [6.45, 7) is 0. The number of benzene rings is 8. The molecule has 8 aromatic carbocycles. The molecular formula is C47H29N3S. The van der Waals surface area contributed by atoms with Crippen molar-refractivity contribution >= 4 is 53.1 Å². The van der Waals surface area contributed by atoms with Gasteiger partial charge in [-0.2, -0.15) is 0 Å². The van der Waals surface area contributed by atoms with E-state index in [1.54, 1.807) is 0 Å². The van der Waals surface area contributed by atoms with Gasteiger partial charge in [0.15, 0.2) is 17.5 Å². The molecule has 0 fully saturated rings. The highest BCUT2D eigenvalue weighted by Crippen LogP contribution is 2.40. The molecule has 10 aromatic rings. The van der Waals surface area contributed by atoms with Crippen molar-refractivity contribution in [2.24, 2.45) is 0 Å². The van der Waals surface area contributed by atoms with Gasteiger partial charge in [-0.15, -0.1) is 11.3 Å². The fraction of sp³-hybridized carbons (Fsp3) is 0. The largest absolute Gasteiger partial charge is 0.208 e. The van der Waals surface area contributed by atoms with Crippen molar-refractivity contribution < 1.29 is 0 Å². The van der Waals surface area contributed by atoms with Crippen LogP contribution >= 0.6 is 11.3 Å². The molecule has 0 aliphatic heterocycles. The van der Waals surface area contributed by atoms with Crippen molar-refractivity contribution in [3.63, 3.8) is 0 Å². The third kappa shape index (κ3) is 5.34. The van der Waals surface area contributed by atoms with Gasteiger partial charge in [-0.25, -0.2) is 15.0 Å². The van der Waals surface area contributed by atoms with Crippen LogP contribution in [0.5, 0.6) is 0 Å². The second kappa shape index (κ2) is 12.1. The maximum Gasteiger partial charge on any atom is 0.164 e. The molecule has 51 heavy (non-hydrogen) atoms. The SMILES string of the molecule is c1ccc(-c2ccc3ccc(-c4cccc(-c5nc(-c6ccccc6)nc(-c6ccc7sc8c9ccccc9ccc8c7c6)n5)c4)cc3c2)cc1. The van der Waals surface area contributed by atoms with E-state index in [-0.39, 0.29) is 0 Å². The van der Waals surface area contributed by atoms with Crippen molar-refractivity contribution in [1.82, 2.24) is 15.0 Å². The van der Waals surface area contributed by atoms with E-state index < -0.39 is 0 Å². The predicted molar refractivity (Wildman–Crippen MR) is 215 cm³/mol. The van der Waals surface area contributed by atoms with E-state index in [1.165, 1.54) is 52.8 Å². The lowest BCUT2D eigenvalue weighted by molar-refractivity contribution is 1.07. The Hall–Kier alpha value is -6.49. The van der Waals surface area contributed by atoms with Crippen LogP contribution in [0.1, 0.15) is 0 Å². The number of nitrogens with zero attached hydrogens (tertiary/aromatic N) is 3. The zero-order chi connectivity index (χ0) is 33.7. The van der Waals surface area contributed by atoms with Crippen molar-refractivity contribution in [1.29, 1.82) is 0 Å². The van der Waals surface area contributed by atoms with E-state index in [0.717, 1.165) is 27.8 Å². The molecule has 3 nitrogen and oxygen atoms in total. The second-order valence-electron chi connectivity index (χ2n) is 12.9. The first-order valence-corrected chi connectivity index (χ1v) is 17.9. The van der Waals surface area contributed by atoms with Crippen molar-refractivity contribution in [3.8, 4) is 56.4 Å². The normalized spacial score (nSPS) is 11.5. The first kappa shape index (κ1) is 29.4. The summed E-state index contributed by atoms with van der Waals surface area (Å²) in [5.41, 5.74) is 7.55. The maximum atomic E-state index is 5.13. The molecule has 10 rings (SSSR count). The minimum Gasteiger partial charge on any atom is -0.208 e. The molecular weight excluding hydrogens is 639 g/mol. The number of aromatic nitrogens is 3. The molecule has 4 heteroatoms. The fourth-order valence-electron chi connectivity index (χ4n) is 7.07. The number of fused-ring (bicyclic) bond motifs is 6. The molecule has 0 unspecified atom stereocenters. The summed E-state index contributed by atoms with van der Waals surface area (Å²) < 4.78 is 2.56. The van der Waals surface area contributed by atoms with Crippen LogP contribution in [0.25, 0.3) is 98.1 Å². The Morgan fingerprint density at radius 2 is 0.843 bits per heavy atom. The summed E-state index contributed by atoms with van der Waals surface area (Å²) in [7, 11) is 0. The number of hydrogen-bond donors (Lipinski definition) is 0. The topological polar surface area (TPSA) is 38.7 Å². The summed E-state index contributed by atoms with van der Waals surface area (Å²) >= 11 is 1.84. The van der Waals surface area contributed by atoms with E-state index in [2.05, 4.69) is 158 Å². The molecule has 0 radical (unpaired) electrons. The van der Waals surface area contributed by atoms with E-state index in [4.69, 9.17) is 15.0 Å². The van der Waals surface area contributed by atoms with Gasteiger partial charge < -0.3 is 0 Å². The number of thiophene rings is 1. The summed E-state index contributed by atoms with van der Waals surface area (Å²) in [4.78, 5) is 15.2. The fourth-order valence-corrected chi connectivity index (χ4v) is 8.29. The zero-order valence-corrected chi connectivity index (χ0v) is 28.3. The van der Waals surface area contributed by atoms with Crippen LogP contribution in [-0.4, -0.2) is 15.0 Å². The lowest BCUT2D eigenvalue weighted by Gasteiger charge is -2.11. The highest BCUT2D eigenvalue weighted by molar-refractivity contribution is 7.26. The molecule has 0 N–H and O–H groups in total. The Morgan fingerprint density at radius 3 is 1.61 bits per heavy atom. The Kier molecular flexibility index (Phi) is 7.00. The van der Waals surface area contributed by atoms with Gasteiger partial charge in [0.05, 0.1) is 0 Å². The molecule has 0 saturated heterocycles. The van der Waals surface area contributed by atoms with Crippen LogP contribution in [0.2, 0.25) is 0 Å². The van der Waals surface area contributed by atoms with E-state index in [1.807, 2.05) is 29.5 Å². The molecule has 0 aliphatic rings. The standard InChI is InChI=1S/C47H29N3S/c1-3-10-30(11-4-1)35-20-18-31-19-21-36(28-39(31)27-35)34-15-9-16-37(26-34)46-48-45(33-13-5-2-6-14-33)49-47(50-46)38-23-25-43-42(29-38)41-24-22-32-12-7-8-17-40(32)44(41)51-43/h1-29H. The third-order valence-electron chi connectivity index (χ3n) is 9.69. The van der Waals surface area contributed by atoms with Gasteiger partial charge in [0.1, 0.15) is 0 Å². The van der Waals surface area contributed by atoms with Gasteiger partial charge in [0.25, 0.3) is 0 Å². The molecule has 2 heterocycles. The van der Waals surface area contributed by atoms with Gasteiger partial charge in [0.2, 0.25) is 0 Å². The molecule has 0 amide bonds. The van der Waals surface area contributed by atoms with E-state index in [0.29, 0.717) is 17.5 Å². The van der Waals surface area contributed by atoms with Crippen LogP contribution < -0.4 is 0 Å². The number of hydrogen-bond acceptors (Lipinski definition) is 4. The van der Waals surface area contributed by atoms with Crippen molar-refractivity contribution in [2.75, 3.05) is 0 Å². The molecule has 238 valence electrons. The molecule has 0 spiro atoms. The Labute approximate surface area is 299 Å². The van der Waals surface area contributed by atoms with Gasteiger partial charge >= 0.3 is 0 Å². The lowest BCUT2D eigenvalue weighted by Crippen LogP contribution is -2.00. The second-order valence-corrected chi connectivity index (χ2v) is 13.9.